The molecule has 4 nitrogen and oxygen atoms in total. The van der Waals surface area contributed by atoms with Crippen molar-refractivity contribution >= 4 is 21.9 Å². The molecular formula is C20H19BrN2O2. The molecule has 0 fully saturated rings. The van der Waals surface area contributed by atoms with Crippen LogP contribution in [0.1, 0.15) is 34.1 Å². The van der Waals surface area contributed by atoms with Gasteiger partial charge >= 0.3 is 5.97 Å². The number of aryl methyl sites for hydroxylation is 2. The molecule has 3 rings (SSSR count). The molecule has 0 atom stereocenters. The summed E-state index contributed by atoms with van der Waals surface area (Å²) in [6, 6.07) is 15.0. The van der Waals surface area contributed by atoms with E-state index in [0.29, 0.717) is 11.4 Å². The first-order valence-electron chi connectivity index (χ1n) is 8.13. The van der Waals surface area contributed by atoms with Crippen molar-refractivity contribution in [3.05, 3.63) is 75.4 Å². The molecule has 0 aliphatic carbocycles. The second-order valence-electron chi connectivity index (χ2n) is 5.86. The summed E-state index contributed by atoms with van der Waals surface area (Å²) < 4.78 is 8.20. The highest BCUT2D eigenvalue weighted by Gasteiger charge is 2.17. The largest absolute Gasteiger partial charge is 0.404 e. The van der Waals surface area contributed by atoms with E-state index >= 15 is 0 Å². The number of rotatable bonds is 4. The minimum atomic E-state index is -0.407. The number of hydrogen-bond donors (Lipinski definition) is 0. The minimum absolute atomic E-state index is 0.407. The normalized spacial score (nSPS) is 10.7. The second kappa shape index (κ2) is 7.23. The average molecular weight is 399 g/mol. The van der Waals surface area contributed by atoms with E-state index in [4.69, 9.17) is 4.74 Å². The highest BCUT2D eigenvalue weighted by molar-refractivity contribution is 9.10. The summed E-state index contributed by atoms with van der Waals surface area (Å²) in [6.07, 6.45) is 0.763. The van der Waals surface area contributed by atoms with Crippen molar-refractivity contribution in [3.8, 4) is 11.6 Å². The van der Waals surface area contributed by atoms with Crippen LogP contribution in [-0.4, -0.2) is 15.7 Å². The van der Waals surface area contributed by atoms with Gasteiger partial charge in [0.25, 0.3) is 0 Å². The number of carbonyl (C=O) groups is 1. The van der Waals surface area contributed by atoms with Crippen molar-refractivity contribution in [2.24, 2.45) is 0 Å². The van der Waals surface area contributed by atoms with Gasteiger partial charge in [-0.05, 0) is 55.7 Å². The Labute approximate surface area is 155 Å². The van der Waals surface area contributed by atoms with Crippen molar-refractivity contribution in [3.63, 3.8) is 0 Å². The molecule has 0 spiro atoms. The fourth-order valence-electron chi connectivity index (χ4n) is 2.56. The van der Waals surface area contributed by atoms with Crippen LogP contribution in [0.15, 0.2) is 53.0 Å². The molecule has 0 radical (unpaired) electrons. The monoisotopic (exact) mass is 398 g/mol. The van der Waals surface area contributed by atoms with Gasteiger partial charge in [0.2, 0.25) is 5.88 Å². The van der Waals surface area contributed by atoms with Gasteiger partial charge in [0, 0.05) is 10.5 Å². The number of aromatic nitrogens is 2. The summed E-state index contributed by atoms with van der Waals surface area (Å²) in [7, 11) is 0. The molecule has 0 aliphatic heterocycles. The fraction of sp³-hybridized carbons (Fsp3) is 0.200. The number of halogens is 1. The molecule has 128 valence electrons. The fourth-order valence-corrected chi connectivity index (χ4v) is 2.96. The quantitative estimate of drug-likeness (QED) is 0.578. The predicted molar refractivity (Wildman–Crippen MR) is 102 cm³/mol. The van der Waals surface area contributed by atoms with Crippen LogP contribution in [0.4, 0.5) is 0 Å². The molecule has 0 bridgehead atoms. The van der Waals surface area contributed by atoms with E-state index in [9.17, 15) is 4.79 Å². The molecule has 1 aromatic heterocycles. The summed E-state index contributed by atoms with van der Waals surface area (Å²) in [5.41, 5.74) is 4.54. The van der Waals surface area contributed by atoms with E-state index in [2.05, 4.69) is 34.0 Å². The van der Waals surface area contributed by atoms with Crippen LogP contribution in [0, 0.1) is 13.8 Å². The van der Waals surface area contributed by atoms with Crippen molar-refractivity contribution in [2.75, 3.05) is 0 Å². The van der Waals surface area contributed by atoms with Crippen LogP contribution in [0.5, 0.6) is 5.88 Å². The van der Waals surface area contributed by atoms with Crippen LogP contribution in [-0.2, 0) is 6.42 Å². The zero-order valence-electron chi connectivity index (χ0n) is 14.4. The maximum Gasteiger partial charge on any atom is 0.344 e. The first-order valence-corrected chi connectivity index (χ1v) is 8.92. The van der Waals surface area contributed by atoms with Gasteiger partial charge < -0.3 is 4.74 Å². The minimum Gasteiger partial charge on any atom is -0.404 e. The Morgan fingerprint density at radius 3 is 2.64 bits per heavy atom. The smallest absolute Gasteiger partial charge is 0.344 e. The second-order valence-corrected chi connectivity index (χ2v) is 6.77. The van der Waals surface area contributed by atoms with Gasteiger partial charge in [0.15, 0.2) is 0 Å². The van der Waals surface area contributed by atoms with E-state index < -0.39 is 5.97 Å². The Hall–Kier alpha value is -2.40. The Balaban J connectivity index is 2.00. The van der Waals surface area contributed by atoms with Crippen LogP contribution < -0.4 is 4.74 Å². The molecular weight excluding hydrogens is 380 g/mol. The van der Waals surface area contributed by atoms with Crippen molar-refractivity contribution in [2.45, 2.75) is 27.2 Å². The van der Waals surface area contributed by atoms with Gasteiger partial charge in [-0.3, -0.25) is 0 Å². The van der Waals surface area contributed by atoms with E-state index in [1.165, 1.54) is 0 Å². The first-order chi connectivity index (χ1) is 12.0. The maximum absolute atomic E-state index is 12.5. The Kier molecular flexibility index (Phi) is 5.04. The SMILES string of the molecule is CCc1cc(OC(=O)c2cccc(Br)c2)n(-c2cccc(C)c2C)n1. The number of ether oxygens (including phenoxy) is 1. The standard InChI is InChI=1S/C20H19BrN2O2/c1-4-17-12-19(25-20(24)15-8-6-9-16(21)11-15)23(22-17)18-10-5-7-13(2)14(18)3/h5-12H,4H2,1-3H3. The molecule has 2 aromatic carbocycles. The van der Waals surface area contributed by atoms with Gasteiger partial charge in [0.05, 0.1) is 16.9 Å². The lowest BCUT2D eigenvalue weighted by molar-refractivity contribution is 0.0723. The summed E-state index contributed by atoms with van der Waals surface area (Å²) in [6.45, 7) is 6.11. The molecule has 0 unspecified atom stereocenters. The Bertz CT molecular complexity index is 931. The van der Waals surface area contributed by atoms with Crippen LogP contribution in [0.2, 0.25) is 0 Å². The van der Waals surface area contributed by atoms with Gasteiger partial charge in [0.1, 0.15) is 0 Å². The number of esters is 1. The lowest BCUT2D eigenvalue weighted by Gasteiger charge is -2.12. The predicted octanol–water partition coefficient (Wildman–Crippen LogP) is 5.03. The molecule has 1 heterocycles. The molecule has 0 N–H and O–H groups in total. The summed E-state index contributed by atoms with van der Waals surface area (Å²) in [5, 5.41) is 4.60. The van der Waals surface area contributed by atoms with Crippen LogP contribution >= 0.6 is 15.9 Å². The Morgan fingerprint density at radius 1 is 1.16 bits per heavy atom. The highest BCUT2D eigenvalue weighted by atomic mass is 79.9. The maximum atomic E-state index is 12.5. The van der Waals surface area contributed by atoms with E-state index in [-0.39, 0.29) is 0 Å². The highest BCUT2D eigenvalue weighted by Crippen LogP contribution is 2.25. The molecule has 0 amide bonds. The molecule has 0 aliphatic rings. The summed E-state index contributed by atoms with van der Waals surface area (Å²) in [5.74, 6) is 0.0194. The first kappa shape index (κ1) is 17.4. The number of carbonyl (C=O) groups excluding carboxylic acids is 1. The van der Waals surface area contributed by atoms with Gasteiger partial charge in [-0.1, -0.05) is 41.1 Å². The van der Waals surface area contributed by atoms with Gasteiger partial charge in [-0.25, -0.2) is 9.48 Å². The number of benzene rings is 2. The lowest BCUT2D eigenvalue weighted by Crippen LogP contribution is -2.12. The van der Waals surface area contributed by atoms with E-state index in [1.54, 1.807) is 22.9 Å². The van der Waals surface area contributed by atoms with Crippen molar-refractivity contribution in [1.29, 1.82) is 0 Å². The topological polar surface area (TPSA) is 44.1 Å². The zero-order valence-corrected chi connectivity index (χ0v) is 16.0. The molecule has 3 aromatic rings. The molecule has 0 saturated heterocycles. The van der Waals surface area contributed by atoms with Crippen LogP contribution in [0.3, 0.4) is 0 Å². The third-order valence-electron chi connectivity index (χ3n) is 4.15. The number of nitrogens with zero attached hydrogens (tertiary/aromatic N) is 2. The lowest BCUT2D eigenvalue weighted by atomic mass is 10.1. The number of hydrogen-bond acceptors (Lipinski definition) is 3. The van der Waals surface area contributed by atoms with Gasteiger partial charge in [-0.2, -0.15) is 5.10 Å². The molecule has 25 heavy (non-hydrogen) atoms. The third-order valence-corrected chi connectivity index (χ3v) is 4.64. The Morgan fingerprint density at radius 2 is 1.92 bits per heavy atom. The molecule has 0 saturated carbocycles. The van der Waals surface area contributed by atoms with Crippen LogP contribution in [0.25, 0.3) is 5.69 Å². The average Bonchev–Trinajstić information content (AvgIpc) is 3.00. The van der Waals surface area contributed by atoms with E-state index in [0.717, 1.165) is 33.4 Å². The zero-order chi connectivity index (χ0) is 18.0. The van der Waals surface area contributed by atoms with Crippen molar-refractivity contribution in [1.82, 2.24) is 9.78 Å². The third kappa shape index (κ3) is 3.66. The van der Waals surface area contributed by atoms with E-state index in [1.807, 2.05) is 38.1 Å². The summed E-state index contributed by atoms with van der Waals surface area (Å²) in [4.78, 5) is 12.5. The van der Waals surface area contributed by atoms with Gasteiger partial charge in [-0.15, -0.1) is 0 Å². The molecule has 5 heteroatoms. The van der Waals surface area contributed by atoms with Crippen molar-refractivity contribution < 1.29 is 9.53 Å². The summed E-state index contributed by atoms with van der Waals surface area (Å²) >= 11 is 3.37.